The zero-order valence-corrected chi connectivity index (χ0v) is 14.1. The number of thioether (sulfide) groups is 1. The summed E-state index contributed by atoms with van der Waals surface area (Å²) in [7, 11) is 0. The molecule has 8 nitrogen and oxygen atoms in total. The average molecular weight is 360 g/mol. The summed E-state index contributed by atoms with van der Waals surface area (Å²) >= 11 is 1.29. The molecule has 1 atom stereocenters. The molecule has 0 fully saturated rings. The number of rotatable bonds is 6. The molecule has 0 aliphatic heterocycles. The molecule has 25 heavy (non-hydrogen) atoms. The number of nitro benzene ring substituents is 1. The van der Waals surface area contributed by atoms with Crippen LogP contribution in [0.1, 0.15) is 6.92 Å². The summed E-state index contributed by atoms with van der Waals surface area (Å²) in [6, 6.07) is 11.9. The Balaban J connectivity index is 1.93. The van der Waals surface area contributed by atoms with E-state index in [2.05, 4.69) is 10.6 Å². The van der Waals surface area contributed by atoms with Crippen molar-refractivity contribution < 1.29 is 14.5 Å². The van der Waals surface area contributed by atoms with Gasteiger partial charge in [0.25, 0.3) is 5.69 Å². The maximum atomic E-state index is 12.2. The minimum Gasteiger partial charge on any atom is -0.351 e. The van der Waals surface area contributed by atoms with Gasteiger partial charge in [-0.25, -0.2) is 4.79 Å². The Hall–Kier alpha value is -3.07. The lowest BCUT2D eigenvalue weighted by Gasteiger charge is -2.12. The van der Waals surface area contributed by atoms with Gasteiger partial charge in [-0.15, -0.1) is 11.8 Å². The number of hydrogen-bond acceptors (Lipinski definition) is 5. The van der Waals surface area contributed by atoms with E-state index in [1.807, 2.05) is 0 Å². The zero-order valence-electron chi connectivity index (χ0n) is 13.3. The molecule has 3 amide bonds. The van der Waals surface area contributed by atoms with Crippen LogP contribution in [0.3, 0.4) is 0 Å². The summed E-state index contributed by atoms with van der Waals surface area (Å²) in [5.74, 6) is -0.209. The fourth-order valence-electron chi connectivity index (χ4n) is 1.93. The van der Waals surface area contributed by atoms with Crippen LogP contribution in [0.2, 0.25) is 0 Å². The molecular formula is C16H16N4O4S. The van der Waals surface area contributed by atoms with Gasteiger partial charge in [-0.2, -0.15) is 0 Å². The third-order valence-electron chi connectivity index (χ3n) is 3.15. The van der Waals surface area contributed by atoms with E-state index >= 15 is 0 Å². The molecule has 0 heterocycles. The number of carbonyl (C=O) groups is 2. The summed E-state index contributed by atoms with van der Waals surface area (Å²) in [5, 5.41) is 15.4. The SMILES string of the molecule is CC(Sc1ccc([N+](=O)[O-])cc1)C(=O)Nc1ccc(NC(N)=O)cc1. The van der Waals surface area contributed by atoms with Gasteiger partial charge in [-0.3, -0.25) is 14.9 Å². The van der Waals surface area contributed by atoms with Crippen molar-refractivity contribution in [2.45, 2.75) is 17.1 Å². The Morgan fingerprint density at radius 3 is 2.04 bits per heavy atom. The molecule has 1 unspecified atom stereocenters. The number of nitrogens with one attached hydrogen (secondary N) is 2. The van der Waals surface area contributed by atoms with Crippen LogP contribution in [0.25, 0.3) is 0 Å². The van der Waals surface area contributed by atoms with E-state index < -0.39 is 16.2 Å². The van der Waals surface area contributed by atoms with Gasteiger partial charge < -0.3 is 16.4 Å². The molecule has 0 aliphatic rings. The number of primary amides is 1. The van der Waals surface area contributed by atoms with Crippen molar-refractivity contribution in [3.63, 3.8) is 0 Å². The fourth-order valence-corrected chi connectivity index (χ4v) is 2.79. The van der Waals surface area contributed by atoms with E-state index in [-0.39, 0.29) is 11.6 Å². The van der Waals surface area contributed by atoms with E-state index in [0.29, 0.717) is 11.4 Å². The van der Waals surface area contributed by atoms with Gasteiger partial charge in [-0.1, -0.05) is 0 Å². The van der Waals surface area contributed by atoms with Gasteiger partial charge in [0.15, 0.2) is 0 Å². The van der Waals surface area contributed by atoms with Crippen molar-refractivity contribution in [2.75, 3.05) is 10.6 Å². The van der Waals surface area contributed by atoms with Crippen molar-refractivity contribution in [1.82, 2.24) is 0 Å². The number of carbonyl (C=O) groups excluding carboxylic acids is 2. The minimum absolute atomic E-state index is 0.00566. The molecule has 9 heteroatoms. The molecule has 2 aromatic rings. The quantitative estimate of drug-likeness (QED) is 0.414. The Morgan fingerprint density at radius 1 is 1.04 bits per heavy atom. The van der Waals surface area contributed by atoms with Crippen LogP contribution in [0, 0.1) is 10.1 Å². The van der Waals surface area contributed by atoms with Crippen LogP contribution >= 0.6 is 11.8 Å². The van der Waals surface area contributed by atoms with Gasteiger partial charge in [0.2, 0.25) is 5.91 Å². The first-order chi connectivity index (χ1) is 11.8. The maximum absolute atomic E-state index is 12.2. The monoisotopic (exact) mass is 360 g/mol. The topological polar surface area (TPSA) is 127 Å². The first-order valence-electron chi connectivity index (χ1n) is 7.23. The summed E-state index contributed by atoms with van der Waals surface area (Å²) in [5.41, 5.74) is 6.13. The van der Waals surface area contributed by atoms with E-state index in [0.717, 1.165) is 4.90 Å². The van der Waals surface area contributed by atoms with Crippen LogP contribution in [-0.4, -0.2) is 22.1 Å². The first kappa shape index (κ1) is 18.3. The lowest BCUT2D eigenvalue weighted by Crippen LogP contribution is -2.22. The first-order valence-corrected chi connectivity index (χ1v) is 8.11. The van der Waals surface area contributed by atoms with Crippen LogP contribution in [0.15, 0.2) is 53.4 Å². The van der Waals surface area contributed by atoms with E-state index in [4.69, 9.17) is 5.73 Å². The molecule has 0 saturated heterocycles. The number of nitro groups is 1. The highest BCUT2D eigenvalue weighted by molar-refractivity contribution is 8.00. The van der Waals surface area contributed by atoms with Crippen LogP contribution in [0.5, 0.6) is 0 Å². The maximum Gasteiger partial charge on any atom is 0.316 e. The number of amides is 3. The van der Waals surface area contributed by atoms with Gasteiger partial charge >= 0.3 is 6.03 Å². The third-order valence-corrected chi connectivity index (χ3v) is 4.26. The van der Waals surface area contributed by atoms with Gasteiger partial charge in [0.05, 0.1) is 10.2 Å². The van der Waals surface area contributed by atoms with E-state index in [1.165, 1.54) is 23.9 Å². The minimum atomic E-state index is -0.662. The zero-order chi connectivity index (χ0) is 18.4. The Kier molecular flexibility index (Phi) is 5.96. The number of benzene rings is 2. The molecule has 0 bridgehead atoms. The molecule has 2 rings (SSSR count). The Morgan fingerprint density at radius 2 is 1.56 bits per heavy atom. The highest BCUT2D eigenvalue weighted by Gasteiger charge is 2.15. The fraction of sp³-hybridized carbons (Fsp3) is 0.125. The summed E-state index contributed by atoms with van der Waals surface area (Å²) in [6.45, 7) is 1.74. The highest BCUT2D eigenvalue weighted by Crippen LogP contribution is 2.26. The highest BCUT2D eigenvalue weighted by atomic mass is 32.2. The van der Waals surface area contributed by atoms with Crippen molar-refractivity contribution in [3.05, 3.63) is 58.6 Å². The largest absolute Gasteiger partial charge is 0.351 e. The summed E-state index contributed by atoms with van der Waals surface area (Å²) in [6.07, 6.45) is 0. The Labute approximate surface area is 147 Å². The standard InChI is InChI=1S/C16H16N4O4S/c1-10(25-14-8-6-13(7-9-14)20(23)24)15(21)18-11-2-4-12(5-3-11)19-16(17)22/h2-10H,1H3,(H,18,21)(H3,17,19,22). The van der Waals surface area contributed by atoms with Gasteiger partial charge in [0, 0.05) is 28.4 Å². The van der Waals surface area contributed by atoms with Crippen LogP contribution in [-0.2, 0) is 4.79 Å². The number of nitrogens with zero attached hydrogens (tertiary/aromatic N) is 1. The second-order valence-electron chi connectivity index (χ2n) is 5.07. The molecule has 0 spiro atoms. The molecule has 2 aromatic carbocycles. The third kappa shape index (κ3) is 5.50. The van der Waals surface area contributed by atoms with Crippen LogP contribution in [0.4, 0.5) is 21.9 Å². The van der Waals surface area contributed by atoms with Crippen molar-refractivity contribution in [1.29, 1.82) is 0 Å². The molecule has 0 aliphatic carbocycles. The van der Waals surface area contributed by atoms with Crippen molar-refractivity contribution in [3.8, 4) is 0 Å². The van der Waals surface area contributed by atoms with E-state index in [1.54, 1.807) is 43.3 Å². The molecule has 4 N–H and O–H groups in total. The predicted molar refractivity (Wildman–Crippen MR) is 96.7 cm³/mol. The second kappa shape index (κ2) is 8.15. The smallest absolute Gasteiger partial charge is 0.316 e. The number of anilines is 2. The van der Waals surface area contributed by atoms with Crippen LogP contribution < -0.4 is 16.4 Å². The van der Waals surface area contributed by atoms with Crippen molar-refractivity contribution >= 4 is 40.8 Å². The van der Waals surface area contributed by atoms with Gasteiger partial charge in [-0.05, 0) is 43.3 Å². The number of non-ortho nitro benzene ring substituents is 1. The van der Waals surface area contributed by atoms with Crippen molar-refractivity contribution in [2.24, 2.45) is 5.73 Å². The van der Waals surface area contributed by atoms with Gasteiger partial charge in [0.1, 0.15) is 0 Å². The second-order valence-corrected chi connectivity index (χ2v) is 6.48. The predicted octanol–water partition coefficient (Wildman–Crippen LogP) is 3.20. The Bertz CT molecular complexity index is 778. The number of urea groups is 1. The summed E-state index contributed by atoms with van der Waals surface area (Å²) < 4.78 is 0. The van der Waals surface area contributed by atoms with E-state index in [9.17, 15) is 19.7 Å². The molecule has 0 saturated carbocycles. The molecule has 130 valence electrons. The number of nitrogens with two attached hydrogens (primary N) is 1. The summed E-state index contributed by atoms with van der Waals surface area (Å²) in [4.78, 5) is 33.9. The molecule has 0 aromatic heterocycles. The molecular weight excluding hydrogens is 344 g/mol. The lowest BCUT2D eigenvalue weighted by molar-refractivity contribution is -0.384. The normalized spacial score (nSPS) is 11.4. The lowest BCUT2D eigenvalue weighted by atomic mass is 10.2. The molecule has 0 radical (unpaired) electrons. The number of hydrogen-bond donors (Lipinski definition) is 3. The average Bonchev–Trinajstić information content (AvgIpc) is 2.56.